The van der Waals surface area contributed by atoms with E-state index in [9.17, 15) is 13.2 Å². The van der Waals surface area contributed by atoms with E-state index >= 15 is 0 Å². The average molecular weight is 520 g/mol. The number of hydrogen-bond acceptors (Lipinski definition) is 2. The summed E-state index contributed by atoms with van der Waals surface area (Å²) < 4.78 is 51.0. The Morgan fingerprint density at radius 1 is 0.810 bits per heavy atom. The van der Waals surface area contributed by atoms with E-state index in [1.54, 1.807) is 22.6 Å². The third-order valence-electron chi connectivity index (χ3n) is 2.44. The van der Waals surface area contributed by atoms with E-state index in [1.807, 2.05) is 22.6 Å². The van der Waals surface area contributed by atoms with Gasteiger partial charge < -0.3 is 9.47 Å². The van der Waals surface area contributed by atoms with Crippen LogP contribution in [-0.2, 0) is 0 Å². The van der Waals surface area contributed by atoms with Crippen LogP contribution in [-0.4, -0.2) is 13.2 Å². The van der Waals surface area contributed by atoms with Crippen molar-refractivity contribution in [3.05, 3.63) is 54.9 Å². The molecule has 0 heterocycles. The van der Waals surface area contributed by atoms with Crippen molar-refractivity contribution in [2.24, 2.45) is 0 Å². The average Bonchev–Trinajstić information content (AvgIpc) is 2.38. The van der Waals surface area contributed by atoms with Gasteiger partial charge in [-0.25, -0.2) is 13.2 Å². The van der Waals surface area contributed by atoms with Crippen molar-refractivity contribution in [3.8, 4) is 11.5 Å². The highest BCUT2D eigenvalue weighted by Gasteiger charge is 2.11. The third-order valence-corrected chi connectivity index (χ3v) is 4.09. The van der Waals surface area contributed by atoms with Gasteiger partial charge in [0.05, 0.1) is 7.14 Å². The second kappa shape index (κ2) is 7.52. The van der Waals surface area contributed by atoms with E-state index in [1.165, 1.54) is 24.3 Å². The number of ether oxygens (including phenoxy) is 2. The van der Waals surface area contributed by atoms with Crippen LogP contribution in [0.2, 0.25) is 0 Å². The molecule has 0 aromatic heterocycles. The highest BCUT2D eigenvalue weighted by molar-refractivity contribution is 14.1. The molecule has 0 aliphatic rings. The van der Waals surface area contributed by atoms with Gasteiger partial charge in [-0.2, -0.15) is 0 Å². The summed E-state index contributed by atoms with van der Waals surface area (Å²) in [5.74, 6) is -1.23. The second-order valence-corrected chi connectivity index (χ2v) is 6.29. The molecule has 0 aliphatic carbocycles. The summed E-state index contributed by atoms with van der Waals surface area (Å²) >= 11 is 3.75. The monoisotopic (exact) mass is 520 g/mol. The molecule has 0 N–H and O–H groups in total. The minimum absolute atomic E-state index is 0.00518. The van der Waals surface area contributed by atoms with E-state index < -0.39 is 11.6 Å². The standard InChI is InChI=1S/C14H9F3I2O2/c15-8-1-2-13(11(18)6-8)20-3-4-21-14-10(17)5-9(16)7-12(14)19/h1-2,5-7H,3-4H2. The molecule has 0 bridgehead atoms. The van der Waals surface area contributed by atoms with Gasteiger partial charge in [0.2, 0.25) is 0 Å². The molecule has 0 atom stereocenters. The van der Waals surface area contributed by atoms with Crippen LogP contribution in [0.5, 0.6) is 11.5 Å². The van der Waals surface area contributed by atoms with Gasteiger partial charge in [-0.3, -0.25) is 0 Å². The molecule has 0 fully saturated rings. The first kappa shape index (κ1) is 16.7. The Bertz CT molecular complexity index is 627. The molecule has 2 aromatic carbocycles. The molecule has 21 heavy (non-hydrogen) atoms. The zero-order chi connectivity index (χ0) is 15.4. The zero-order valence-corrected chi connectivity index (χ0v) is 14.8. The van der Waals surface area contributed by atoms with Crippen LogP contribution in [0.15, 0.2) is 30.3 Å². The SMILES string of the molecule is Fc1ccc(OCCOc2c(F)cc(F)cc2I)c(I)c1. The predicted molar refractivity (Wildman–Crippen MR) is 89.2 cm³/mol. The number of hydrogen-bond donors (Lipinski definition) is 0. The van der Waals surface area contributed by atoms with Gasteiger partial charge in [0, 0.05) is 6.07 Å². The van der Waals surface area contributed by atoms with Gasteiger partial charge in [0.1, 0.15) is 30.6 Å². The van der Waals surface area contributed by atoms with Crippen LogP contribution in [0.25, 0.3) is 0 Å². The summed E-state index contributed by atoms with van der Waals surface area (Å²) in [7, 11) is 0. The second-order valence-electron chi connectivity index (χ2n) is 3.97. The van der Waals surface area contributed by atoms with Crippen molar-refractivity contribution in [1.29, 1.82) is 0 Å². The quantitative estimate of drug-likeness (QED) is 0.418. The van der Waals surface area contributed by atoms with Crippen LogP contribution < -0.4 is 9.47 Å². The third kappa shape index (κ3) is 4.63. The van der Waals surface area contributed by atoms with E-state index in [2.05, 4.69) is 0 Å². The largest absolute Gasteiger partial charge is 0.489 e. The molecule has 0 aliphatic heterocycles. The van der Waals surface area contributed by atoms with E-state index in [4.69, 9.17) is 9.47 Å². The Labute approximate surface area is 146 Å². The molecule has 2 nitrogen and oxygen atoms in total. The topological polar surface area (TPSA) is 18.5 Å². The Kier molecular flexibility index (Phi) is 5.97. The van der Waals surface area contributed by atoms with Crippen LogP contribution >= 0.6 is 45.2 Å². The summed E-state index contributed by atoms with van der Waals surface area (Å²) in [5.41, 5.74) is 0. The Morgan fingerprint density at radius 2 is 1.48 bits per heavy atom. The normalized spacial score (nSPS) is 10.5. The van der Waals surface area contributed by atoms with E-state index in [0.717, 1.165) is 6.07 Å². The minimum Gasteiger partial charge on any atom is -0.489 e. The lowest BCUT2D eigenvalue weighted by Crippen LogP contribution is -2.11. The molecular formula is C14H9F3I2O2. The van der Waals surface area contributed by atoms with E-state index in [0.29, 0.717) is 12.9 Å². The minimum atomic E-state index is -0.754. The van der Waals surface area contributed by atoms with E-state index in [-0.39, 0.29) is 24.8 Å². The highest BCUT2D eigenvalue weighted by atomic mass is 127. The van der Waals surface area contributed by atoms with Crippen LogP contribution in [0.4, 0.5) is 13.2 Å². The van der Waals surface area contributed by atoms with Gasteiger partial charge in [0.15, 0.2) is 11.6 Å². The number of benzene rings is 2. The molecule has 0 amide bonds. The molecule has 0 spiro atoms. The van der Waals surface area contributed by atoms with Crippen LogP contribution in [0.1, 0.15) is 0 Å². The van der Waals surface area contributed by atoms with Crippen LogP contribution in [0.3, 0.4) is 0 Å². The maximum atomic E-state index is 13.5. The molecule has 0 saturated heterocycles. The fourth-order valence-electron chi connectivity index (χ4n) is 1.55. The maximum absolute atomic E-state index is 13.5. The first-order valence-electron chi connectivity index (χ1n) is 5.82. The van der Waals surface area contributed by atoms with Gasteiger partial charge in [-0.1, -0.05) is 0 Å². The van der Waals surface area contributed by atoms with Crippen molar-refractivity contribution in [2.75, 3.05) is 13.2 Å². The van der Waals surface area contributed by atoms with Gasteiger partial charge >= 0.3 is 0 Å². The van der Waals surface area contributed by atoms with Crippen molar-refractivity contribution in [2.45, 2.75) is 0 Å². The Balaban J connectivity index is 1.90. The molecule has 0 saturated carbocycles. The molecule has 2 rings (SSSR count). The van der Waals surface area contributed by atoms with Crippen molar-refractivity contribution < 1.29 is 22.6 Å². The molecule has 0 radical (unpaired) electrons. The van der Waals surface area contributed by atoms with Crippen LogP contribution in [0, 0.1) is 24.6 Å². The Morgan fingerprint density at radius 3 is 2.14 bits per heavy atom. The van der Waals surface area contributed by atoms with Crippen molar-refractivity contribution in [3.63, 3.8) is 0 Å². The van der Waals surface area contributed by atoms with Gasteiger partial charge in [0.25, 0.3) is 0 Å². The van der Waals surface area contributed by atoms with Gasteiger partial charge in [-0.15, -0.1) is 0 Å². The fourth-order valence-corrected chi connectivity index (χ4v) is 2.90. The molecular weight excluding hydrogens is 511 g/mol. The van der Waals surface area contributed by atoms with Gasteiger partial charge in [-0.05, 0) is 69.4 Å². The number of halogens is 5. The zero-order valence-electron chi connectivity index (χ0n) is 10.5. The summed E-state index contributed by atoms with van der Waals surface area (Å²) in [4.78, 5) is 0. The summed E-state index contributed by atoms with van der Waals surface area (Å²) in [5, 5.41) is 0. The lowest BCUT2D eigenvalue weighted by Gasteiger charge is -2.11. The predicted octanol–water partition coefficient (Wildman–Crippen LogP) is 4.77. The lowest BCUT2D eigenvalue weighted by molar-refractivity contribution is 0.209. The summed E-state index contributed by atoms with van der Waals surface area (Å²) in [6.45, 7) is 0.251. The fraction of sp³-hybridized carbons (Fsp3) is 0.143. The molecule has 7 heteroatoms. The maximum Gasteiger partial charge on any atom is 0.169 e. The van der Waals surface area contributed by atoms with Crippen molar-refractivity contribution in [1.82, 2.24) is 0 Å². The summed E-state index contributed by atoms with van der Waals surface area (Å²) in [6.07, 6.45) is 0. The smallest absolute Gasteiger partial charge is 0.169 e. The highest BCUT2D eigenvalue weighted by Crippen LogP contribution is 2.26. The number of rotatable bonds is 5. The lowest BCUT2D eigenvalue weighted by atomic mass is 10.3. The van der Waals surface area contributed by atoms with Crippen molar-refractivity contribution >= 4 is 45.2 Å². The Hall–Kier alpha value is -0.710. The first-order valence-corrected chi connectivity index (χ1v) is 7.98. The first-order chi connectivity index (χ1) is 9.97. The molecule has 2 aromatic rings. The molecule has 0 unspecified atom stereocenters. The molecule has 112 valence electrons. The summed E-state index contributed by atoms with van der Waals surface area (Å²) in [6, 6.07) is 6.10.